The van der Waals surface area contributed by atoms with Gasteiger partial charge in [0.05, 0.1) is 0 Å². The summed E-state index contributed by atoms with van der Waals surface area (Å²) in [5, 5.41) is 0.775. The van der Waals surface area contributed by atoms with Crippen LogP contribution >= 0.6 is 0 Å². The smallest absolute Gasteiger partial charge is 0.485 e. The van der Waals surface area contributed by atoms with Crippen molar-refractivity contribution in [3.63, 3.8) is 0 Å². The molecule has 3 nitrogen and oxygen atoms in total. The Labute approximate surface area is 112 Å². The third kappa shape index (κ3) is 12.5. The van der Waals surface area contributed by atoms with Crippen LogP contribution in [0.5, 0.6) is 0 Å². The third-order valence-electron chi connectivity index (χ3n) is 2.08. The van der Waals surface area contributed by atoms with Crippen molar-refractivity contribution in [1.82, 2.24) is 0 Å². The molecule has 0 aliphatic carbocycles. The summed E-state index contributed by atoms with van der Waals surface area (Å²) in [5.74, 6) is 0. The summed E-state index contributed by atoms with van der Waals surface area (Å²) in [6.07, 6.45) is 8.12. The molecule has 0 aliphatic rings. The maximum absolute atomic E-state index is 10.7. The van der Waals surface area contributed by atoms with Gasteiger partial charge in [0, 0.05) is 0 Å². The van der Waals surface area contributed by atoms with Crippen LogP contribution in [0.2, 0.25) is 0 Å². The van der Waals surface area contributed by atoms with E-state index in [0.29, 0.717) is 0 Å². The Hall–Kier alpha value is 0.0500. The molecule has 0 bridgehead atoms. The minimum atomic E-state index is -6.09. The van der Waals surface area contributed by atoms with E-state index in [0.717, 1.165) is 5.25 Å². The first kappa shape index (κ1) is 20.4. The quantitative estimate of drug-likeness (QED) is 0.328. The Morgan fingerprint density at radius 3 is 1.83 bits per heavy atom. The Bertz CT molecular complexity index is 289. The van der Waals surface area contributed by atoms with E-state index < -0.39 is 15.6 Å². The summed E-state index contributed by atoms with van der Waals surface area (Å²) in [5.41, 5.74) is -5.65. The number of alkyl halides is 3. The van der Waals surface area contributed by atoms with Gasteiger partial charge in [-0.3, -0.25) is 0 Å². The number of hydrogen-bond acceptors (Lipinski definition) is 3. The van der Waals surface area contributed by atoms with Crippen LogP contribution in [0, 0.1) is 0 Å². The number of unbranched alkanes of at least 4 members (excludes halogenated alkanes) is 2. The highest BCUT2D eigenvalue weighted by Crippen LogP contribution is 2.20. The highest BCUT2D eigenvalue weighted by molar-refractivity contribution is 7.86. The second-order valence-electron chi connectivity index (χ2n) is 3.88. The fourth-order valence-electron chi connectivity index (χ4n) is 1.13. The van der Waals surface area contributed by atoms with E-state index in [1.54, 1.807) is 0 Å². The van der Waals surface area contributed by atoms with Crippen LogP contribution in [-0.4, -0.2) is 23.7 Å². The maximum atomic E-state index is 10.7. The second-order valence-corrected chi connectivity index (χ2v) is 6.07. The first-order valence-corrected chi connectivity index (χ1v) is 7.78. The summed E-state index contributed by atoms with van der Waals surface area (Å²) in [4.78, 5) is 0. The molecule has 0 spiro atoms. The van der Waals surface area contributed by atoms with Crippen molar-refractivity contribution in [3.05, 3.63) is 0 Å². The minimum Gasteiger partial charge on any atom is -0.741 e. The lowest BCUT2D eigenvalue weighted by molar-refractivity contribution is -0.0517. The molecule has 0 aromatic carbocycles. The van der Waals surface area contributed by atoms with Gasteiger partial charge in [-0.05, 0) is 31.9 Å². The first-order valence-electron chi connectivity index (χ1n) is 5.79. The van der Waals surface area contributed by atoms with Gasteiger partial charge in [-0.1, -0.05) is 33.1 Å². The summed E-state index contributed by atoms with van der Waals surface area (Å²) >= 11 is 3.72. The van der Waals surface area contributed by atoms with Gasteiger partial charge in [0.15, 0.2) is 10.1 Å². The van der Waals surface area contributed by atoms with Crippen molar-refractivity contribution in [2.75, 3.05) is 0 Å². The van der Waals surface area contributed by atoms with Crippen LogP contribution in [0.3, 0.4) is 0 Å². The van der Waals surface area contributed by atoms with Gasteiger partial charge >= 0.3 is 5.51 Å². The highest BCUT2D eigenvalue weighted by Gasteiger charge is 2.36. The molecule has 112 valence electrons. The van der Waals surface area contributed by atoms with Crippen LogP contribution < -0.4 is 0 Å². The monoisotopic (exact) mass is 310 g/mol. The molecule has 1 unspecified atom stereocenters. The first-order chi connectivity index (χ1) is 8.06. The molecule has 0 N–H and O–H groups in total. The fourth-order valence-corrected chi connectivity index (χ4v) is 1.63. The zero-order valence-electron chi connectivity index (χ0n) is 10.6. The van der Waals surface area contributed by atoms with Gasteiger partial charge in [0.25, 0.3) is 0 Å². The second kappa shape index (κ2) is 9.91. The van der Waals surface area contributed by atoms with Crippen molar-refractivity contribution in [2.24, 2.45) is 0 Å². The third-order valence-corrected chi connectivity index (χ3v) is 3.22. The lowest BCUT2D eigenvalue weighted by Crippen LogP contribution is -2.21. The summed E-state index contributed by atoms with van der Waals surface area (Å²) < 4.78 is 58.9. The van der Waals surface area contributed by atoms with Crippen LogP contribution in [-0.2, 0) is 22.7 Å². The minimum absolute atomic E-state index is 0.775. The largest absolute Gasteiger partial charge is 0.741 e. The zero-order chi connectivity index (χ0) is 14.8. The molecule has 0 aromatic rings. The predicted octanol–water partition coefficient (Wildman–Crippen LogP) is 2.80. The molecule has 18 heavy (non-hydrogen) atoms. The van der Waals surface area contributed by atoms with Crippen molar-refractivity contribution < 1.29 is 26.1 Å². The SMILES string of the molecule is CCCCCC([SH2+])CCC.O=S(=O)([O-])C(F)(F)F. The van der Waals surface area contributed by atoms with Gasteiger partial charge in [-0.2, -0.15) is 13.2 Å². The van der Waals surface area contributed by atoms with E-state index >= 15 is 0 Å². The van der Waals surface area contributed by atoms with Gasteiger partial charge in [0.2, 0.25) is 0 Å². The molecule has 0 amide bonds. The standard InChI is InChI=1S/C9H20S.CHF3O3S/c1-3-5-6-8-9(10)7-4-2;2-1(3,4)8(5,6)7/h9-10H,3-8H2,1-2H3;(H,5,6,7). The van der Waals surface area contributed by atoms with Crippen molar-refractivity contribution in [1.29, 1.82) is 0 Å². The van der Waals surface area contributed by atoms with Crippen molar-refractivity contribution >= 4 is 22.7 Å². The molecule has 0 saturated heterocycles. The van der Waals surface area contributed by atoms with E-state index in [4.69, 9.17) is 13.0 Å². The van der Waals surface area contributed by atoms with Gasteiger partial charge in [0.1, 0.15) is 5.25 Å². The van der Waals surface area contributed by atoms with E-state index in [-0.39, 0.29) is 0 Å². The summed E-state index contributed by atoms with van der Waals surface area (Å²) in [6, 6.07) is 0. The van der Waals surface area contributed by atoms with E-state index in [2.05, 4.69) is 26.5 Å². The van der Waals surface area contributed by atoms with Crippen LogP contribution in [0.15, 0.2) is 0 Å². The van der Waals surface area contributed by atoms with E-state index in [9.17, 15) is 13.2 Å². The highest BCUT2D eigenvalue weighted by atomic mass is 32.2. The summed E-state index contributed by atoms with van der Waals surface area (Å²) in [7, 11) is -6.09. The van der Waals surface area contributed by atoms with E-state index in [1.165, 1.54) is 38.5 Å². The number of rotatable bonds is 6. The topological polar surface area (TPSA) is 57.2 Å². The molecular formula is C10H21F3O3S2. The van der Waals surface area contributed by atoms with Crippen LogP contribution in [0.1, 0.15) is 52.4 Å². The molecule has 0 fully saturated rings. The average Bonchev–Trinajstić information content (AvgIpc) is 2.16. The normalized spacial score (nSPS) is 13.7. The van der Waals surface area contributed by atoms with Gasteiger partial charge in [-0.25, -0.2) is 8.42 Å². The molecule has 0 radical (unpaired) electrons. The molecule has 0 aromatic heterocycles. The maximum Gasteiger partial charge on any atom is 0.485 e. The average molecular weight is 310 g/mol. The molecule has 0 rings (SSSR count). The molecule has 8 heteroatoms. The summed E-state index contributed by atoms with van der Waals surface area (Å²) in [6.45, 7) is 4.50. The number of halogens is 3. The predicted molar refractivity (Wildman–Crippen MR) is 68.7 cm³/mol. The Balaban J connectivity index is 0. The molecule has 0 saturated carbocycles. The molecular weight excluding hydrogens is 289 g/mol. The molecule has 0 heterocycles. The van der Waals surface area contributed by atoms with Gasteiger partial charge < -0.3 is 4.55 Å². The number of hydrogen-bond donors (Lipinski definition) is 0. The molecule has 0 aliphatic heterocycles. The Morgan fingerprint density at radius 1 is 1.11 bits per heavy atom. The van der Waals surface area contributed by atoms with Gasteiger partial charge in [-0.15, -0.1) is 0 Å². The Kier molecular flexibility index (Phi) is 11.2. The van der Waals surface area contributed by atoms with Crippen LogP contribution in [0.25, 0.3) is 0 Å². The zero-order valence-corrected chi connectivity index (χ0v) is 12.4. The van der Waals surface area contributed by atoms with Crippen LogP contribution in [0.4, 0.5) is 13.2 Å². The van der Waals surface area contributed by atoms with Crippen molar-refractivity contribution in [3.8, 4) is 0 Å². The van der Waals surface area contributed by atoms with Crippen molar-refractivity contribution in [2.45, 2.75) is 63.1 Å². The fraction of sp³-hybridized carbons (Fsp3) is 1.00. The lowest BCUT2D eigenvalue weighted by atomic mass is 10.1. The Morgan fingerprint density at radius 2 is 1.56 bits per heavy atom. The molecule has 1 atom stereocenters. The lowest BCUT2D eigenvalue weighted by Gasteiger charge is -2.08. The van der Waals surface area contributed by atoms with E-state index in [1.807, 2.05) is 0 Å².